The molecule has 4 aliphatic carbocycles. The van der Waals surface area contributed by atoms with E-state index >= 15 is 8.78 Å². The number of aliphatic hydroxyl groups excluding tert-OH is 1. The number of fused-ring (bicyclic) bond motifs is 7. The van der Waals surface area contributed by atoms with Crippen LogP contribution in [0.1, 0.15) is 66.7 Å². The lowest BCUT2D eigenvalue weighted by Gasteiger charge is -2.63. The van der Waals surface area contributed by atoms with Crippen LogP contribution in [0.4, 0.5) is 13.6 Å². The summed E-state index contributed by atoms with van der Waals surface area (Å²) in [5.74, 6) is -2.44. The second kappa shape index (κ2) is 11.0. The van der Waals surface area contributed by atoms with E-state index < -0.39 is 82.9 Å². The van der Waals surface area contributed by atoms with Gasteiger partial charge in [-0.25, -0.2) is 13.6 Å². The average molecular weight is 621 g/mol. The predicted octanol–water partition coefficient (Wildman–Crippen LogP) is 3.93. The van der Waals surface area contributed by atoms with Gasteiger partial charge in [-0.2, -0.15) is 0 Å². The molecule has 6 rings (SSSR count). The van der Waals surface area contributed by atoms with Gasteiger partial charge >= 0.3 is 6.09 Å². The summed E-state index contributed by atoms with van der Waals surface area (Å²) in [7, 11) is 0. The van der Waals surface area contributed by atoms with E-state index in [1.54, 1.807) is 11.8 Å². The summed E-state index contributed by atoms with van der Waals surface area (Å²) in [4.78, 5) is 43.3. The second-order valence-corrected chi connectivity index (χ2v) is 14.4. The molecular weight excluding hydrogens is 574 g/mol. The molecule has 2 saturated heterocycles. The maximum absolute atomic E-state index is 17.6. The number of ether oxygens (including phenoxy) is 3. The number of amides is 1. The number of hydrogen-bond acceptors (Lipinski definition) is 8. The zero-order valence-electron chi connectivity index (χ0n) is 26.4. The zero-order chi connectivity index (χ0) is 31.8. The summed E-state index contributed by atoms with van der Waals surface area (Å²) >= 11 is 0. The molecule has 9 nitrogen and oxygen atoms in total. The lowest BCUT2D eigenvalue weighted by molar-refractivity contribution is -0.234. The van der Waals surface area contributed by atoms with Crippen molar-refractivity contribution in [2.75, 3.05) is 32.8 Å². The first-order valence-corrected chi connectivity index (χ1v) is 16.2. The van der Waals surface area contributed by atoms with E-state index in [1.165, 1.54) is 12.2 Å². The maximum Gasteiger partial charge on any atom is 0.410 e. The fourth-order valence-electron chi connectivity index (χ4n) is 9.63. The molecule has 1 amide bonds. The van der Waals surface area contributed by atoms with Gasteiger partial charge in [-0.1, -0.05) is 26.3 Å². The van der Waals surface area contributed by atoms with Gasteiger partial charge < -0.3 is 24.2 Å². The Bertz CT molecular complexity index is 1270. The summed E-state index contributed by atoms with van der Waals surface area (Å²) in [6.07, 6.45) is -0.255. The number of ketones is 2. The Morgan fingerprint density at radius 3 is 2.52 bits per heavy atom. The Labute approximate surface area is 257 Å². The Morgan fingerprint density at radius 1 is 1.16 bits per heavy atom. The minimum absolute atomic E-state index is 0.0482. The first kappa shape index (κ1) is 31.8. The highest BCUT2D eigenvalue weighted by molar-refractivity contribution is 6.01. The highest BCUT2D eigenvalue weighted by Crippen LogP contribution is 2.72. The lowest BCUT2D eigenvalue weighted by atomic mass is 9.44. The molecule has 6 aliphatic rings. The summed E-state index contributed by atoms with van der Waals surface area (Å²) < 4.78 is 51.9. The molecule has 11 heteroatoms. The lowest BCUT2D eigenvalue weighted by Crippen LogP contribution is -2.71. The minimum Gasteiger partial charge on any atom is -0.441 e. The monoisotopic (exact) mass is 620 g/mol. The molecule has 3 saturated carbocycles. The van der Waals surface area contributed by atoms with Gasteiger partial charge in [-0.3, -0.25) is 14.5 Å². The zero-order valence-corrected chi connectivity index (χ0v) is 26.4. The van der Waals surface area contributed by atoms with E-state index in [0.29, 0.717) is 38.6 Å². The number of halogens is 2. The van der Waals surface area contributed by atoms with Crippen LogP contribution in [0.2, 0.25) is 0 Å². The molecule has 0 aromatic heterocycles. The van der Waals surface area contributed by atoms with E-state index in [-0.39, 0.29) is 24.8 Å². The topological polar surface area (TPSA) is 106 Å². The van der Waals surface area contributed by atoms with E-state index in [9.17, 15) is 19.5 Å². The van der Waals surface area contributed by atoms with Crippen LogP contribution in [0.25, 0.3) is 0 Å². The van der Waals surface area contributed by atoms with Gasteiger partial charge in [0.1, 0.15) is 6.17 Å². The molecule has 1 N–H and O–H groups in total. The quantitative estimate of drug-likeness (QED) is 0.477. The summed E-state index contributed by atoms with van der Waals surface area (Å²) in [5.41, 5.74) is -6.48. The normalized spacial score (nSPS) is 45.0. The van der Waals surface area contributed by atoms with Crippen molar-refractivity contribution < 1.29 is 42.5 Å². The third-order valence-electron chi connectivity index (χ3n) is 12.0. The Balaban J connectivity index is 1.29. The van der Waals surface area contributed by atoms with Crippen LogP contribution in [0.5, 0.6) is 0 Å². The number of rotatable bonds is 6. The second-order valence-electron chi connectivity index (χ2n) is 14.4. The highest BCUT2D eigenvalue weighted by atomic mass is 19.1. The van der Waals surface area contributed by atoms with E-state index in [4.69, 9.17) is 14.2 Å². The van der Waals surface area contributed by atoms with Crippen molar-refractivity contribution in [2.45, 2.75) is 109 Å². The van der Waals surface area contributed by atoms with Crippen molar-refractivity contribution >= 4 is 17.7 Å². The molecule has 5 fully saturated rings. The molecule has 2 heterocycles. The molecule has 44 heavy (non-hydrogen) atoms. The standard InChI is InChI=1S/C33H46F2N2O7/c1-6-7-28-43-27-16-21-22-15-24(34)23-14-20(38)8-9-30(23,4)32(22,35)25(39)17-31(21,5)33(27,44-28)26(40)18-42-29(41)37-12-10-36(11-13-37)19(2)3/h8-9,14,19,21-22,24-25,27-28,39H,6-7,10-13,15-18H2,1-5H3/t21-,22-,24-,25-,27+,28?,30-,31-,32-,33+/m0/s1. The van der Waals surface area contributed by atoms with Crippen LogP contribution in [-0.4, -0.2) is 107 Å². The molecule has 1 unspecified atom stereocenters. The van der Waals surface area contributed by atoms with Crippen LogP contribution in [0, 0.1) is 22.7 Å². The van der Waals surface area contributed by atoms with Crippen molar-refractivity contribution in [1.29, 1.82) is 0 Å². The number of allylic oxidation sites excluding steroid dienone is 4. The van der Waals surface area contributed by atoms with Crippen LogP contribution in [0.3, 0.4) is 0 Å². The number of aliphatic hydroxyl groups is 1. The van der Waals surface area contributed by atoms with Gasteiger partial charge in [-0.05, 0) is 70.1 Å². The summed E-state index contributed by atoms with van der Waals surface area (Å²) in [6, 6.07) is 0.366. The van der Waals surface area contributed by atoms with Gasteiger partial charge in [-0.15, -0.1) is 0 Å². The van der Waals surface area contributed by atoms with Crippen LogP contribution in [-0.2, 0) is 23.8 Å². The number of nitrogens with zero attached hydrogens (tertiary/aromatic N) is 2. The van der Waals surface area contributed by atoms with E-state index in [0.717, 1.165) is 12.5 Å². The number of carbonyl (C=O) groups excluding carboxylic acids is 3. The van der Waals surface area contributed by atoms with Crippen molar-refractivity contribution in [3.05, 3.63) is 23.8 Å². The third-order valence-corrected chi connectivity index (χ3v) is 12.0. The van der Waals surface area contributed by atoms with Gasteiger partial charge in [0, 0.05) is 49.0 Å². The summed E-state index contributed by atoms with van der Waals surface area (Å²) in [6.45, 7) is 11.4. The van der Waals surface area contributed by atoms with Crippen molar-refractivity contribution in [1.82, 2.24) is 9.80 Å². The number of carbonyl (C=O) groups is 3. The van der Waals surface area contributed by atoms with E-state index in [2.05, 4.69) is 18.7 Å². The van der Waals surface area contributed by atoms with Gasteiger partial charge in [0.2, 0.25) is 5.78 Å². The van der Waals surface area contributed by atoms with Crippen LogP contribution in [0.15, 0.2) is 23.8 Å². The minimum atomic E-state index is -2.28. The number of hydrogen-bond donors (Lipinski definition) is 1. The molecule has 0 bridgehead atoms. The molecule has 0 spiro atoms. The number of Topliss-reactive ketones (excluding diaryl/α,β-unsaturated/α-hetero) is 1. The van der Waals surface area contributed by atoms with Gasteiger partial charge in [0.05, 0.1) is 12.2 Å². The third kappa shape index (κ3) is 4.32. The highest BCUT2D eigenvalue weighted by Gasteiger charge is 2.80. The van der Waals surface area contributed by atoms with E-state index in [1.807, 2.05) is 13.8 Å². The summed E-state index contributed by atoms with van der Waals surface area (Å²) in [5, 5.41) is 11.7. The average Bonchev–Trinajstić information content (AvgIpc) is 3.46. The van der Waals surface area contributed by atoms with Crippen LogP contribution < -0.4 is 0 Å². The Kier molecular flexibility index (Phi) is 7.91. The first-order valence-electron chi connectivity index (χ1n) is 16.2. The van der Waals surface area contributed by atoms with Crippen LogP contribution >= 0.6 is 0 Å². The predicted molar refractivity (Wildman–Crippen MR) is 156 cm³/mol. The largest absolute Gasteiger partial charge is 0.441 e. The van der Waals surface area contributed by atoms with Gasteiger partial charge in [0.15, 0.2) is 29.9 Å². The fraction of sp³-hybridized carbons (Fsp3) is 0.788. The first-order chi connectivity index (χ1) is 20.7. The van der Waals surface area contributed by atoms with Gasteiger partial charge in [0.25, 0.3) is 0 Å². The fourth-order valence-corrected chi connectivity index (χ4v) is 9.63. The Morgan fingerprint density at radius 2 is 1.86 bits per heavy atom. The molecule has 2 aliphatic heterocycles. The molecule has 244 valence electrons. The molecule has 0 aromatic carbocycles. The number of alkyl halides is 2. The smallest absolute Gasteiger partial charge is 0.410 e. The van der Waals surface area contributed by atoms with Crippen molar-refractivity contribution in [3.63, 3.8) is 0 Å². The molecule has 0 aromatic rings. The van der Waals surface area contributed by atoms with Crippen molar-refractivity contribution in [2.24, 2.45) is 22.7 Å². The molecule has 0 radical (unpaired) electrons. The Hall–Kier alpha value is -2.21. The SMILES string of the molecule is CCCC1O[C@@H]2C[C@H]3[C@@H]4C[C@H](F)C5=CC(=O)C=C[C@]5(C)[C@@]4(F)[C@@H](O)C[C@]3(C)[C@]2(C(=O)COC(=O)N2CCN(C(C)C)CC2)O1. The molecule has 10 atom stereocenters. The molecular formula is C33H46F2N2O7. The maximum atomic E-state index is 17.6. The number of piperazine rings is 1. The van der Waals surface area contributed by atoms with Crippen molar-refractivity contribution in [3.8, 4) is 0 Å².